The van der Waals surface area contributed by atoms with Gasteiger partial charge >= 0.3 is 0 Å². The number of aryl methyl sites for hydroxylation is 1. The zero-order chi connectivity index (χ0) is 32.7. The van der Waals surface area contributed by atoms with Gasteiger partial charge in [-0.3, -0.25) is 13.9 Å². The summed E-state index contributed by atoms with van der Waals surface area (Å²) in [5.41, 5.74) is 2.89. The fraction of sp³-hybridized carbons (Fsp3) is 0.278. The third-order valence-corrected chi connectivity index (χ3v) is 10.4. The van der Waals surface area contributed by atoms with Crippen LogP contribution in [0, 0.1) is 6.92 Å². The van der Waals surface area contributed by atoms with Crippen LogP contribution in [0.4, 0.5) is 5.69 Å². The molecule has 0 spiro atoms. The van der Waals surface area contributed by atoms with E-state index < -0.39 is 28.5 Å². The van der Waals surface area contributed by atoms with Gasteiger partial charge < -0.3 is 10.2 Å². The van der Waals surface area contributed by atoms with Gasteiger partial charge in [0.2, 0.25) is 11.8 Å². The van der Waals surface area contributed by atoms with Crippen molar-refractivity contribution in [1.29, 1.82) is 0 Å². The predicted molar refractivity (Wildman–Crippen MR) is 183 cm³/mol. The van der Waals surface area contributed by atoms with E-state index in [1.54, 1.807) is 18.2 Å². The van der Waals surface area contributed by atoms with Gasteiger partial charge in [0.1, 0.15) is 12.6 Å². The van der Waals surface area contributed by atoms with E-state index in [4.69, 9.17) is 23.2 Å². The highest BCUT2D eigenvalue weighted by molar-refractivity contribution is 7.92. The van der Waals surface area contributed by atoms with Gasteiger partial charge in [0.25, 0.3) is 10.0 Å². The van der Waals surface area contributed by atoms with Crippen molar-refractivity contribution in [1.82, 2.24) is 10.2 Å². The zero-order valence-corrected chi connectivity index (χ0v) is 27.9. The molecule has 0 saturated heterocycles. The van der Waals surface area contributed by atoms with Gasteiger partial charge in [-0.25, -0.2) is 8.42 Å². The first kappa shape index (κ1) is 33.5. The first-order chi connectivity index (χ1) is 22.1. The van der Waals surface area contributed by atoms with Gasteiger partial charge in [0.05, 0.1) is 10.6 Å². The Morgan fingerprint density at radius 3 is 2.02 bits per heavy atom. The average molecular weight is 679 g/mol. The molecule has 1 saturated carbocycles. The lowest BCUT2D eigenvalue weighted by atomic mass is 10.0. The molecular weight excluding hydrogens is 641 g/mol. The van der Waals surface area contributed by atoms with E-state index in [0.29, 0.717) is 0 Å². The topological polar surface area (TPSA) is 86.8 Å². The van der Waals surface area contributed by atoms with Crippen LogP contribution >= 0.6 is 23.2 Å². The second-order valence-electron chi connectivity index (χ2n) is 11.7. The molecule has 0 bridgehead atoms. The van der Waals surface area contributed by atoms with E-state index in [0.717, 1.165) is 46.7 Å². The van der Waals surface area contributed by atoms with Gasteiger partial charge in [-0.1, -0.05) is 114 Å². The molecule has 1 unspecified atom stereocenters. The zero-order valence-electron chi connectivity index (χ0n) is 25.6. The Morgan fingerprint density at radius 2 is 1.41 bits per heavy atom. The quantitative estimate of drug-likeness (QED) is 0.172. The molecule has 10 heteroatoms. The number of nitrogens with one attached hydrogen (secondary N) is 1. The molecule has 1 atom stereocenters. The predicted octanol–water partition coefficient (Wildman–Crippen LogP) is 7.20. The Balaban J connectivity index is 1.57. The van der Waals surface area contributed by atoms with Crippen LogP contribution in [0.3, 0.4) is 0 Å². The van der Waals surface area contributed by atoms with Crippen LogP contribution in [0.15, 0.2) is 108 Å². The van der Waals surface area contributed by atoms with Crippen molar-refractivity contribution < 1.29 is 18.0 Å². The van der Waals surface area contributed by atoms with Crippen LogP contribution in [-0.2, 0) is 32.6 Å². The average Bonchev–Trinajstić information content (AvgIpc) is 3.55. The summed E-state index contributed by atoms with van der Waals surface area (Å²) in [7, 11) is -4.25. The van der Waals surface area contributed by atoms with Gasteiger partial charge in [0, 0.05) is 29.1 Å². The highest BCUT2D eigenvalue weighted by Crippen LogP contribution is 2.30. The standard InChI is InChI=1S/C36H37Cl2N3O4S/c1-26-16-18-28(19-17-26)24-40(34(20-27-10-4-2-5-11-27)36(43)39-31-12-8-9-13-31)35(42)25-41(32-22-29(37)21-30(38)23-32)46(44,45)33-14-6-3-7-15-33/h2-7,10-11,14-19,21-23,31,34H,8-9,12-13,20,24-25H2,1H3,(H,39,43). The first-order valence-electron chi connectivity index (χ1n) is 15.3. The summed E-state index contributed by atoms with van der Waals surface area (Å²) in [4.78, 5) is 30.2. The highest BCUT2D eigenvalue weighted by atomic mass is 35.5. The van der Waals surface area contributed by atoms with Gasteiger partial charge in [-0.05, 0) is 61.2 Å². The van der Waals surface area contributed by atoms with Crippen LogP contribution < -0.4 is 9.62 Å². The summed E-state index contributed by atoms with van der Waals surface area (Å²) >= 11 is 12.6. The summed E-state index contributed by atoms with van der Waals surface area (Å²) in [6, 6.07) is 28.7. The summed E-state index contributed by atoms with van der Waals surface area (Å²) in [6.45, 7) is 1.49. The molecule has 1 N–H and O–H groups in total. The number of hydrogen-bond acceptors (Lipinski definition) is 4. The third-order valence-electron chi connectivity index (χ3n) is 8.19. The van der Waals surface area contributed by atoms with Crippen molar-refractivity contribution >= 4 is 50.7 Å². The highest BCUT2D eigenvalue weighted by Gasteiger charge is 2.35. The second-order valence-corrected chi connectivity index (χ2v) is 14.4. The fourth-order valence-corrected chi connectivity index (χ4v) is 7.68. The molecule has 2 amide bonds. The number of amides is 2. The largest absolute Gasteiger partial charge is 0.352 e. The lowest BCUT2D eigenvalue weighted by Crippen LogP contribution is -2.54. The van der Waals surface area contributed by atoms with E-state index >= 15 is 0 Å². The minimum absolute atomic E-state index is 0.00351. The van der Waals surface area contributed by atoms with Crippen molar-refractivity contribution in [3.05, 3.63) is 130 Å². The molecule has 7 nitrogen and oxygen atoms in total. The third kappa shape index (κ3) is 8.49. The summed E-state index contributed by atoms with van der Waals surface area (Å²) < 4.78 is 29.3. The summed E-state index contributed by atoms with van der Waals surface area (Å²) in [5, 5.41) is 3.63. The molecule has 0 aliphatic heterocycles. The molecule has 1 aliphatic carbocycles. The molecule has 46 heavy (non-hydrogen) atoms. The van der Waals surface area contributed by atoms with Crippen molar-refractivity contribution in [3.63, 3.8) is 0 Å². The Kier molecular flexibility index (Phi) is 11.0. The van der Waals surface area contributed by atoms with Crippen LogP contribution in [0.25, 0.3) is 0 Å². The number of anilines is 1. The molecule has 5 rings (SSSR count). The normalized spacial score (nSPS) is 14.1. The number of hydrogen-bond donors (Lipinski definition) is 1. The van der Waals surface area contributed by atoms with Gasteiger partial charge in [-0.15, -0.1) is 0 Å². The van der Waals surface area contributed by atoms with E-state index in [9.17, 15) is 18.0 Å². The van der Waals surface area contributed by atoms with E-state index in [2.05, 4.69) is 5.32 Å². The Morgan fingerprint density at radius 1 is 0.826 bits per heavy atom. The Hall–Kier alpha value is -3.85. The smallest absolute Gasteiger partial charge is 0.264 e. The number of carbonyl (C=O) groups is 2. The number of halogens is 2. The maximum Gasteiger partial charge on any atom is 0.264 e. The van der Waals surface area contributed by atoms with Crippen molar-refractivity contribution in [2.75, 3.05) is 10.8 Å². The molecule has 4 aromatic rings. The minimum Gasteiger partial charge on any atom is -0.352 e. The van der Waals surface area contributed by atoms with E-state index in [1.165, 1.54) is 35.2 Å². The lowest BCUT2D eigenvalue weighted by molar-refractivity contribution is -0.140. The summed E-state index contributed by atoms with van der Waals surface area (Å²) in [6.07, 6.45) is 4.09. The van der Waals surface area contributed by atoms with Crippen LogP contribution in [0.5, 0.6) is 0 Å². The van der Waals surface area contributed by atoms with Gasteiger partial charge in [-0.2, -0.15) is 0 Å². The van der Waals surface area contributed by atoms with Crippen molar-refractivity contribution in [3.8, 4) is 0 Å². The molecule has 4 aromatic carbocycles. The fourth-order valence-electron chi connectivity index (χ4n) is 5.74. The SMILES string of the molecule is Cc1ccc(CN(C(=O)CN(c2cc(Cl)cc(Cl)c2)S(=O)(=O)c2ccccc2)C(Cc2ccccc2)C(=O)NC2CCCC2)cc1. The lowest BCUT2D eigenvalue weighted by Gasteiger charge is -2.34. The maximum atomic E-state index is 14.6. The molecule has 1 fully saturated rings. The Labute approximate surface area is 281 Å². The van der Waals surface area contributed by atoms with Gasteiger partial charge in [0.15, 0.2) is 0 Å². The summed E-state index contributed by atoms with van der Waals surface area (Å²) in [5.74, 6) is -0.807. The van der Waals surface area contributed by atoms with Crippen LogP contribution in [0.2, 0.25) is 10.0 Å². The molecule has 0 radical (unpaired) electrons. The monoisotopic (exact) mass is 677 g/mol. The number of benzene rings is 4. The molecular formula is C36H37Cl2N3O4S. The second kappa shape index (κ2) is 15.2. The number of rotatable bonds is 12. The first-order valence-corrected chi connectivity index (χ1v) is 17.5. The number of sulfonamides is 1. The van der Waals surface area contributed by atoms with E-state index in [1.807, 2.05) is 61.5 Å². The van der Waals surface area contributed by atoms with Crippen molar-refractivity contribution in [2.45, 2.75) is 62.6 Å². The minimum atomic E-state index is -4.25. The molecule has 0 aromatic heterocycles. The molecule has 1 aliphatic rings. The molecule has 240 valence electrons. The van der Waals surface area contributed by atoms with E-state index in [-0.39, 0.29) is 45.5 Å². The van der Waals surface area contributed by atoms with Crippen molar-refractivity contribution in [2.24, 2.45) is 0 Å². The van der Waals surface area contributed by atoms with Crippen LogP contribution in [0.1, 0.15) is 42.4 Å². The molecule has 0 heterocycles. The Bertz CT molecular complexity index is 1730. The maximum absolute atomic E-state index is 14.6. The number of nitrogens with zero attached hydrogens (tertiary/aromatic N) is 2. The number of carbonyl (C=O) groups excluding carboxylic acids is 2. The van der Waals surface area contributed by atoms with Crippen LogP contribution in [-0.4, -0.2) is 43.8 Å².